The highest BCUT2D eigenvalue weighted by molar-refractivity contribution is 7.46. The maximum absolute atomic E-state index is 11.4. The van der Waals surface area contributed by atoms with Crippen LogP contribution in [-0.2, 0) is 13.8 Å². The Hall–Kier alpha value is -0.0100. The van der Waals surface area contributed by atoms with Gasteiger partial charge in [0.2, 0.25) is 0 Å². The van der Waals surface area contributed by atoms with Crippen LogP contribution in [0, 0.1) is 0 Å². The minimum Gasteiger partial charge on any atom is -0.349 e. The monoisotopic (exact) mass is 392 g/mol. The number of rotatable bonds is 8. The molecule has 0 aromatic carbocycles. The second-order valence-electron chi connectivity index (χ2n) is 7.82. The van der Waals surface area contributed by atoms with Gasteiger partial charge in [-0.25, -0.2) is 4.57 Å². The van der Waals surface area contributed by atoms with Gasteiger partial charge in [0, 0.05) is 18.6 Å². The van der Waals surface area contributed by atoms with Crippen molar-refractivity contribution in [3.63, 3.8) is 0 Å². The van der Waals surface area contributed by atoms with Crippen molar-refractivity contribution in [1.82, 2.24) is 9.80 Å². The second kappa shape index (κ2) is 11.1. The molecule has 2 N–H and O–H groups in total. The minimum atomic E-state index is -4.58. The van der Waals surface area contributed by atoms with Crippen LogP contribution in [0.1, 0.15) is 65.2 Å². The Morgan fingerprint density at radius 3 is 2.15 bits per heavy atom. The summed E-state index contributed by atoms with van der Waals surface area (Å²) in [6, 6.07) is 0.919. The molecule has 0 spiro atoms. The van der Waals surface area contributed by atoms with E-state index in [9.17, 15) is 14.4 Å². The van der Waals surface area contributed by atoms with Gasteiger partial charge in [-0.2, -0.15) is 0 Å². The molecule has 2 saturated heterocycles. The molecule has 7 nitrogen and oxygen atoms in total. The zero-order valence-electron chi connectivity index (χ0n) is 16.4. The van der Waals surface area contributed by atoms with E-state index in [1.54, 1.807) is 0 Å². The molecule has 0 radical (unpaired) electrons. The molecule has 2 rings (SSSR count). The lowest BCUT2D eigenvalue weighted by molar-refractivity contribution is -0.114. The third-order valence-corrected chi connectivity index (χ3v) is 6.21. The van der Waals surface area contributed by atoms with Gasteiger partial charge in [0.1, 0.15) is 0 Å². The first-order valence-corrected chi connectivity index (χ1v) is 11.7. The van der Waals surface area contributed by atoms with Crippen LogP contribution in [0.5, 0.6) is 0 Å². The van der Waals surface area contributed by atoms with E-state index in [4.69, 9.17) is 9.26 Å². The fourth-order valence-electron chi connectivity index (χ4n) is 4.03. The number of phosphoric ester groups is 1. The van der Waals surface area contributed by atoms with Crippen molar-refractivity contribution in [2.45, 2.75) is 83.6 Å². The van der Waals surface area contributed by atoms with Crippen LogP contribution in [0.2, 0.25) is 0 Å². The van der Waals surface area contributed by atoms with Gasteiger partial charge in [-0.1, -0.05) is 25.7 Å². The van der Waals surface area contributed by atoms with Crippen LogP contribution in [0.25, 0.3) is 0 Å². The minimum absolute atomic E-state index is 0.384. The summed E-state index contributed by atoms with van der Waals surface area (Å²) >= 11 is 0. The molecule has 0 bridgehead atoms. The van der Waals surface area contributed by atoms with Crippen molar-refractivity contribution in [1.29, 1.82) is 0 Å². The van der Waals surface area contributed by atoms with Gasteiger partial charge in [0.25, 0.3) is 0 Å². The summed E-state index contributed by atoms with van der Waals surface area (Å²) < 4.78 is 22.1. The zero-order valence-corrected chi connectivity index (χ0v) is 17.3. The van der Waals surface area contributed by atoms with Crippen molar-refractivity contribution in [2.75, 3.05) is 32.8 Å². The fourth-order valence-corrected chi connectivity index (χ4v) is 4.47. The molecule has 8 heteroatoms. The second-order valence-corrected chi connectivity index (χ2v) is 9.02. The van der Waals surface area contributed by atoms with E-state index < -0.39 is 14.1 Å². The predicted octanol–water partition coefficient (Wildman–Crippen LogP) is 2.97. The quantitative estimate of drug-likeness (QED) is 0.485. The summed E-state index contributed by atoms with van der Waals surface area (Å²) in [5, 5.41) is 0. The van der Waals surface area contributed by atoms with Gasteiger partial charge in [-0.15, -0.1) is 0 Å². The van der Waals surface area contributed by atoms with E-state index in [0.29, 0.717) is 25.2 Å². The molecule has 154 valence electrons. The maximum atomic E-state index is 11.4. The van der Waals surface area contributed by atoms with Gasteiger partial charge in [-0.3, -0.25) is 14.3 Å². The lowest BCUT2D eigenvalue weighted by Crippen LogP contribution is -2.42. The standard InChI is InChI=1S/C18H37N2O5P/c1-16-9-5-3-7-11-19(16)13-14-24-18(25-26(21,22)23)15-20-12-8-4-6-10-17(20)2/h16-18H,3-15H2,1-2H3,(H2,21,22,23). The molecule has 0 aromatic rings. The van der Waals surface area contributed by atoms with Crippen molar-refractivity contribution >= 4 is 7.82 Å². The highest BCUT2D eigenvalue weighted by Gasteiger charge is 2.28. The van der Waals surface area contributed by atoms with Crippen LogP contribution in [0.3, 0.4) is 0 Å². The molecule has 2 fully saturated rings. The van der Waals surface area contributed by atoms with Crippen LogP contribution in [-0.4, -0.2) is 70.7 Å². The average molecular weight is 392 g/mol. The van der Waals surface area contributed by atoms with Gasteiger partial charge >= 0.3 is 7.82 Å². The Balaban J connectivity index is 1.86. The van der Waals surface area contributed by atoms with E-state index in [1.165, 1.54) is 38.5 Å². The smallest absolute Gasteiger partial charge is 0.349 e. The topological polar surface area (TPSA) is 82.5 Å². The van der Waals surface area contributed by atoms with Gasteiger partial charge < -0.3 is 14.5 Å². The molecular weight excluding hydrogens is 355 g/mol. The van der Waals surface area contributed by atoms with Crippen LogP contribution in [0.4, 0.5) is 0 Å². The largest absolute Gasteiger partial charge is 0.471 e. The molecule has 26 heavy (non-hydrogen) atoms. The Labute approximate surface area is 158 Å². The van der Waals surface area contributed by atoms with E-state index in [-0.39, 0.29) is 0 Å². The Morgan fingerprint density at radius 2 is 1.54 bits per heavy atom. The molecule has 2 heterocycles. The fraction of sp³-hybridized carbons (Fsp3) is 1.00. The third-order valence-electron chi connectivity index (χ3n) is 5.70. The molecule has 2 aliphatic rings. The van der Waals surface area contributed by atoms with Gasteiger partial charge in [0.15, 0.2) is 6.29 Å². The number of likely N-dealkylation sites (tertiary alicyclic amines) is 2. The number of phosphoric acid groups is 1. The molecule has 2 aliphatic heterocycles. The zero-order chi connectivity index (χ0) is 19.0. The highest BCUT2D eigenvalue weighted by atomic mass is 31.2. The van der Waals surface area contributed by atoms with E-state index in [0.717, 1.165) is 32.5 Å². The van der Waals surface area contributed by atoms with E-state index >= 15 is 0 Å². The summed E-state index contributed by atoms with van der Waals surface area (Å²) in [5.74, 6) is 0. The number of nitrogens with zero attached hydrogens (tertiary/aromatic N) is 2. The molecule has 0 amide bonds. The van der Waals surface area contributed by atoms with Gasteiger partial charge in [0.05, 0.1) is 13.2 Å². The van der Waals surface area contributed by atoms with Crippen molar-refractivity contribution < 1.29 is 23.6 Å². The lowest BCUT2D eigenvalue weighted by atomic mass is 10.1. The molecule has 3 atom stereocenters. The average Bonchev–Trinajstić information content (AvgIpc) is 2.87. The summed E-state index contributed by atoms with van der Waals surface area (Å²) in [5.41, 5.74) is 0. The first-order chi connectivity index (χ1) is 12.3. The predicted molar refractivity (Wildman–Crippen MR) is 102 cm³/mol. The first-order valence-electron chi connectivity index (χ1n) is 10.2. The molecule has 0 aromatic heterocycles. The molecule has 0 saturated carbocycles. The van der Waals surface area contributed by atoms with E-state index in [1.807, 2.05) is 0 Å². The molecular formula is C18H37N2O5P. The van der Waals surface area contributed by atoms with Crippen LogP contribution in [0.15, 0.2) is 0 Å². The summed E-state index contributed by atoms with van der Waals surface area (Å²) in [7, 11) is -4.58. The SMILES string of the molecule is CC1CCCCCN1CCOC(CN1CCCCCC1C)OP(=O)(O)O. The Morgan fingerprint density at radius 1 is 0.962 bits per heavy atom. The number of hydrogen-bond acceptors (Lipinski definition) is 5. The lowest BCUT2D eigenvalue weighted by Gasteiger charge is -2.32. The summed E-state index contributed by atoms with van der Waals surface area (Å²) in [6.07, 6.45) is 8.69. The first kappa shape index (κ1) is 22.3. The number of ether oxygens (including phenoxy) is 1. The summed E-state index contributed by atoms with van der Waals surface area (Å²) in [4.78, 5) is 23.1. The van der Waals surface area contributed by atoms with Crippen LogP contribution < -0.4 is 0 Å². The van der Waals surface area contributed by atoms with Crippen molar-refractivity contribution in [3.8, 4) is 0 Å². The molecule has 3 unspecified atom stereocenters. The normalized spacial score (nSPS) is 28.5. The Kier molecular flexibility index (Phi) is 9.52. The van der Waals surface area contributed by atoms with E-state index in [2.05, 4.69) is 23.6 Å². The van der Waals surface area contributed by atoms with Crippen molar-refractivity contribution in [2.24, 2.45) is 0 Å². The Bertz CT molecular complexity index is 447. The highest BCUT2D eigenvalue weighted by Crippen LogP contribution is 2.38. The van der Waals surface area contributed by atoms with Gasteiger partial charge in [-0.05, 0) is 52.6 Å². The maximum Gasteiger partial charge on any atom is 0.471 e. The van der Waals surface area contributed by atoms with Crippen molar-refractivity contribution in [3.05, 3.63) is 0 Å². The third kappa shape index (κ3) is 8.34. The number of hydrogen-bond donors (Lipinski definition) is 2. The van der Waals surface area contributed by atoms with Crippen LogP contribution >= 0.6 is 7.82 Å². The summed E-state index contributed by atoms with van der Waals surface area (Å²) in [6.45, 7) is 8.01. The molecule has 0 aliphatic carbocycles.